The van der Waals surface area contributed by atoms with Crippen LogP contribution in [0.3, 0.4) is 0 Å². The Kier molecular flexibility index (Phi) is 6.23. The third kappa shape index (κ3) is 5.62. The van der Waals surface area contributed by atoms with E-state index in [4.69, 9.17) is 4.74 Å². The first-order valence-corrected chi connectivity index (χ1v) is 8.76. The number of ether oxygens (including phenoxy) is 1. The standard InChI is InChI=1S/C20H28N2O3/c1-5-9-16(25-19(24)21-20(2,3)4)14-22-17(12-13-18(22)23)15-10-7-6-8-11-15/h5-11,16-17H,12-14H2,1-4H3,(H,21,24)/b9-5+. The van der Waals surface area contributed by atoms with Gasteiger partial charge in [-0.2, -0.15) is 0 Å². The molecule has 1 fully saturated rings. The van der Waals surface area contributed by atoms with Gasteiger partial charge in [-0.1, -0.05) is 36.4 Å². The summed E-state index contributed by atoms with van der Waals surface area (Å²) in [5, 5.41) is 2.79. The van der Waals surface area contributed by atoms with Crippen LogP contribution in [-0.4, -0.2) is 35.1 Å². The molecule has 1 heterocycles. The minimum Gasteiger partial charge on any atom is -0.440 e. The first kappa shape index (κ1) is 19.0. The van der Waals surface area contributed by atoms with Gasteiger partial charge in [-0.25, -0.2) is 4.79 Å². The lowest BCUT2D eigenvalue weighted by atomic mass is 10.0. The van der Waals surface area contributed by atoms with Gasteiger partial charge in [-0.15, -0.1) is 0 Å². The average Bonchev–Trinajstić information content (AvgIpc) is 2.87. The second kappa shape index (κ2) is 8.19. The summed E-state index contributed by atoms with van der Waals surface area (Å²) in [6, 6.07) is 10.0. The Morgan fingerprint density at radius 3 is 2.64 bits per heavy atom. The molecule has 2 unspecified atom stereocenters. The maximum absolute atomic E-state index is 12.4. The van der Waals surface area contributed by atoms with Gasteiger partial charge in [0.25, 0.3) is 0 Å². The Morgan fingerprint density at radius 2 is 2.04 bits per heavy atom. The lowest BCUT2D eigenvalue weighted by Gasteiger charge is -2.29. The van der Waals surface area contributed by atoms with E-state index in [0.717, 1.165) is 12.0 Å². The van der Waals surface area contributed by atoms with Crippen molar-refractivity contribution in [3.63, 3.8) is 0 Å². The van der Waals surface area contributed by atoms with Crippen LogP contribution in [0.4, 0.5) is 4.79 Å². The summed E-state index contributed by atoms with van der Waals surface area (Å²) in [6.07, 6.45) is 4.03. The number of allylic oxidation sites excluding steroid dienone is 1. The molecule has 1 N–H and O–H groups in total. The fraction of sp³-hybridized carbons (Fsp3) is 0.500. The van der Waals surface area contributed by atoms with E-state index in [0.29, 0.717) is 13.0 Å². The summed E-state index contributed by atoms with van der Waals surface area (Å²) in [7, 11) is 0. The van der Waals surface area contributed by atoms with Crippen molar-refractivity contribution >= 4 is 12.0 Å². The van der Waals surface area contributed by atoms with E-state index in [1.165, 1.54) is 0 Å². The maximum Gasteiger partial charge on any atom is 0.408 e. The summed E-state index contributed by atoms with van der Waals surface area (Å²) in [5.41, 5.74) is 0.750. The largest absolute Gasteiger partial charge is 0.440 e. The molecule has 0 spiro atoms. The minimum atomic E-state index is -0.474. The van der Waals surface area contributed by atoms with Gasteiger partial charge >= 0.3 is 6.09 Å². The van der Waals surface area contributed by atoms with Crippen LogP contribution >= 0.6 is 0 Å². The minimum absolute atomic E-state index is 0.0377. The Hall–Kier alpha value is -2.30. The molecule has 1 aliphatic heterocycles. The van der Waals surface area contributed by atoms with Crippen LogP contribution in [0.25, 0.3) is 0 Å². The smallest absolute Gasteiger partial charge is 0.408 e. The molecule has 5 nitrogen and oxygen atoms in total. The summed E-state index contributed by atoms with van der Waals surface area (Å²) < 4.78 is 5.53. The molecule has 25 heavy (non-hydrogen) atoms. The number of nitrogens with one attached hydrogen (secondary N) is 1. The highest BCUT2D eigenvalue weighted by Crippen LogP contribution is 2.33. The van der Waals surface area contributed by atoms with E-state index >= 15 is 0 Å². The van der Waals surface area contributed by atoms with Crippen LogP contribution in [-0.2, 0) is 9.53 Å². The first-order chi connectivity index (χ1) is 11.8. The number of alkyl carbamates (subject to hydrolysis) is 1. The highest BCUT2D eigenvalue weighted by Gasteiger charge is 2.34. The predicted octanol–water partition coefficient (Wildman–Crippen LogP) is 3.82. The van der Waals surface area contributed by atoms with Crippen molar-refractivity contribution in [3.8, 4) is 0 Å². The van der Waals surface area contributed by atoms with Gasteiger partial charge in [0.05, 0.1) is 12.6 Å². The zero-order chi connectivity index (χ0) is 18.4. The number of hydrogen-bond donors (Lipinski definition) is 1. The highest BCUT2D eigenvalue weighted by atomic mass is 16.6. The molecule has 0 aromatic heterocycles. The van der Waals surface area contributed by atoms with E-state index in [-0.39, 0.29) is 17.5 Å². The number of carbonyl (C=O) groups is 2. The van der Waals surface area contributed by atoms with E-state index < -0.39 is 12.2 Å². The van der Waals surface area contributed by atoms with Gasteiger partial charge in [-0.3, -0.25) is 4.79 Å². The van der Waals surface area contributed by atoms with Gasteiger partial charge in [0.15, 0.2) is 0 Å². The van der Waals surface area contributed by atoms with Gasteiger partial charge in [0.2, 0.25) is 5.91 Å². The number of hydrogen-bond acceptors (Lipinski definition) is 3. The van der Waals surface area contributed by atoms with E-state index in [2.05, 4.69) is 5.32 Å². The molecule has 136 valence electrons. The topological polar surface area (TPSA) is 58.6 Å². The van der Waals surface area contributed by atoms with Crippen LogP contribution in [0, 0.1) is 0 Å². The lowest BCUT2D eigenvalue weighted by molar-refractivity contribution is -0.130. The van der Waals surface area contributed by atoms with Crippen molar-refractivity contribution < 1.29 is 14.3 Å². The summed E-state index contributed by atoms with van der Waals surface area (Å²) in [4.78, 5) is 26.3. The summed E-state index contributed by atoms with van der Waals surface area (Å²) in [6.45, 7) is 7.93. The fourth-order valence-corrected chi connectivity index (χ4v) is 3.00. The highest BCUT2D eigenvalue weighted by molar-refractivity contribution is 5.79. The summed E-state index contributed by atoms with van der Waals surface area (Å²) in [5.74, 6) is 0.100. The first-order valence-electron chi connectivity index (χ1n) is 8.76. The van der Waals surface area contributed by atoms with E-state index in [1.807, 2.05) is 75.1 Å². The summed E-state index contributed by atoms with van der Waals surface area (Å²) >= 11 is 0. The predicted molar refractivity (Wildman–Crippen MR) is 98.1 cm³/mol. The zero-order valence-corrected chi connectivity index (χ0v) is 15.5. The molecule has 2 atom stereocenters. The molecule has 0 aliphatic carbocycles. The SMILES string of the molecule is C/C=C/C(CN1C(=O)CCC1c1ccccc1)OC(=O)NC(C)(C)C. The van der Waals surface area contributed by atoms with Crippen molar-refractivity contribution in [2.24, 2.45) is 0 Å². The third-order valence-electron chi connectivity index (χ3n) is 4.03. The zero-order valence-electron chi connectivity index (χ0n) is 15.5. The monoisotopic (exact) mass is 344 g/mol. The van der Waals surface area contributed by atoms with Crippen molar-refractivity contribution in [2.75, 3.05) is 6.54 Å². The van der Waals surface area contributed by atoms with Gasteiger partial charge in [0.1, 0.15) is 6.10 Å². The van der Waals surface area contributed by atoms with Crippen molar-refractivity contribution in [1.82, 2.24) is 10.2 Å². The molecule has 0 bridgehead atoms. The second-order valence-corrected chi connectivity index (χ2v) is 7.36. The number of rotatable bonds is 5. The molecule has 1 aromatic carbocycles. The van der Waals surface area contributed by atoms with Crippen LogP contribution in [0.5, 0.6) is 0 Å². The number of amides is 2. The molecule has 1 aliphatic rings. The Balaban J connectivity index is 2.08. The number of nitrogens with zero attached hydrogens (tertiary/aromatic N) is 1. The Labute approximate surface area is 150 Å². The quantitative estimate of drug-likeness (QED) is 0.826. The number of benzene rings is 1. The maximum atomic E-state index is 12.4. The van der Waals surface area contributed by atoms with E-state index in [1.54, 1.807) is 0 Å². The molecule has 2 rings (SSSR count). The molecule has 0 radical (unpaired) electrons. The third-order valence-corrected chi connectivity index (χ3v) is 4.03. The number of likely N-dealkylation sites (tertiary alicyclic amines) is 1. The van der Waals surface area contributed by atoms with Crippen molar-refractivity contribution in [2.45, 2.75) is 58.2 Å². The normalized spacial score (nSPS) is 19.3. The molecular formula is C20H28N2O3. The molecule has 5 heteroatoms. The Bertz CT molecular complexity index is 620. The van der Waals surface area contributed by atoms with Gasteiger partial charge in [-0.05, 0) is 45.8 Å². The van der Waals surface area contributed by atoms with Crippen molar-refractivity contribution in [1.29, 1.82) is 0 Å². The Morgan fingerprint density at radius 1 is 1.36 bits per heavy atom. The fourth-order valence-electron chi connectivity index (χ4n) is 3.00. The van der Waals surface area contributed by atoms with Gasteiger partial charge < -0.3 is 15.0 Å². The lowest BCUT2D eigenvalue weighted by Crippen LogP contribution is -2.44. The molecule has 1 saturated heterocycles. The van der Waals surface area contributed by atoms with Crippen LogP contribution in [0.15, 0.2) is 42.5 Å². The second-order valence-electron chi connectivity index (χ2n) is 7.36. The molecule has 0 saturated carbocycles. The average molecular weight is 344 g/mol. The van der Waals surface area contributed by atoms with Crippen molar-refractivity contribution in [3.05, 3.63) is 48.0 Å². The van der Waals surface area contributed by atoms with Crippen LogP contribution in [0.1, 0.15) is 52.1 Å². The molecule has 2 amide bonds. The molecular weight excluding hydrogens is 316 g/mol. The van der Waals surface area contributed by atoms with Gasteiger partial charge in [0, 0.05) is 12.0 Å². The van der Waals surface area contributed by atoms with Crippen LogP contribution in [0.2, 0.25) is 0 Å². The van der Waals surface area contributed by atoms with Crippen LogP contribution < -0.4 is 5.32 Å². The van der Waals surface area contributed by atoms with E-state index in [9.17, 15) is 9.59 Å². The molecule has 1 aromatic rings. The number of carbonyl (C=O) groups excluding carboxylic acids is 2.